The first kappa shape index (κ1) is 20.8. The smallest absolute Gasteiger partial charge is 0.251 e. The molecule has 0 aliphatic heterocycles. The van der Waals surface area contributed by atoms with Crippen molar-refractivity contribution in [2.75, 3.05) is 40.9 Å². The summed E-state index contributed by atoms with van der Waals surface area (Å²) < 4.78 is 10.6. The first-order valence-corrected chi connectivity index (χ1v) is 9.28. The predicted octanol–water partition coefficient (Wildman–Crippen LogP) is 3.31. The molecule has 0 aromatic heterocycles. The molecule has 0 spiro atoms. The summed E-state index contributed by atoms with van der Waals surface area (Å²) in [7, 11) is 5.39. The van der Waals surface area contributed by atoms with Crippen LogP contribution in [0.1, 0.15) is 27.9 Å². The fraction of sp³-hybridized carbons (Fsp3) is 0.409. The number of ether oxygens (including phenoxy) is 2. The Balaban J connectivity index is 1.68. The lowest BCUT2D eigenvalue weighted by atomic mass is 10.1. The number of rotatable bonds is 10. The summed E-state index contributed by atoms with van der Waals surface area (Å²) >= 11 is 0. The highest BCUT2D eigenvalue weighted by atomic mass is 16.5. The summed E-state index contributed by atoms with van der Waals surface area (Å²) in [6, 6.07) is 13.7. The molecule has 0 radical (unpaired) electrons. The number of amides is 1. The molecule has 2 aromatic carbocycles. The summed E-state index contributed by atoms with van der Waals surface area (Å²) in [4.78, 5) is 14.3. The van der Waals surface area contributed by atoms with Gasteiger partial charge >= 0.3 is 0 Å². The summed E-state index contributed by atoms with van der Waals surface area (Å²) in [5, 5.41) is 2.98. The van der Waals surface area contributed by atoms with E-state index in [0.717, 1.165) is 43.0 Å². The molecular formula is C22H30N2O3. The zero-order valence-electron chi connectivity index (χ0n) is 16.7. The van der Waals surface area contributed by atoms with Gasteiger partial charge < -0.3 is 19.7 Å². The van der Waals surface area contributed by atoms with Gasteiger partial charge in [-0.05, 0) is 63.2 Å². The average molecular weight is 370 g/mol. The molecule has 0 heterocycles. The molecule has 0 unspecified atom stereocenters. The van der Waals surface area contributed by atoms with Gasteiger partial charge in [-0.25, -0.2) is 0 Å². The van der Waals surface area contributed by atoms with Crippen LogP contribution >= 0.6 is 0 Å². The largest absolute Gasteiger partial charge is 0.493 e. The summed E-state index contributed by atoms with van der Waals surface area (Å²) in [5.41, 5.74) is 3.08. The second-order valence-corrected chi connectivity index (χ2v) is 6.72. The normalized spacial score (nSPS) is 10.7. The maximum atomic E-state index is 12.1. The number of aryl methyl sites for hydroxylation is 1. The van der Waals surface area contributed by atoms with Crippen LogP contribution in [0.15, 0.2) is 42.5 Å². The summed E-state index contributed by atoms with van der Waals surface area (Å²) in [6.07, 6.45) is 1.85. The fourth-order valence-corrected chi connectivity index (χ4v) is 2.83. The number of hydrogen-bond acceptors (Lipinski definition) is 4. The Kier molecular flexibility index (Phi) is 8.14. The third-order valence-electron chi connectivity index (χ3n) is 4.55. The lowest BCUT2D eigenvalue weighted by Crippen LogP contribution is -2.29. The minimum absolute atomic E-state index is 0.0111. The summed E-state index contributed by atoms with van der Waals surface area (Å²) in [6.45, 7) is 4.57. The minimum atomic E-state index is -0.0111. The van der Waals surface area contributed by atoms with Crippen LogP contribution < -0.4 is 14.8 Å². The van der Waals surface area contributed by atoms with Crippen molar-refractivity contribution in [3.63, 3.8) is 0 Å². The number of carbonyl (C=O) groups excluding carboxylic acids is 1. The molecule has 0 aliphatic rings. The van der Waals surface area contributed by atoms with Gasteiger partial charge in [-0.15, -0.1) is 0 Å². The van der Waals surface area contributed by atoms with E-state index in [0.29, 0.717) is 12.1 Å². The number of nitrogens with one attached hydrogen (secondary N) is 1. The molecule has 146 valence electrons. The molecule has 5 nitrogen and oxygen atoms in total. The van der Waals surface area contributed by atoms with E-state index >= 15 is 0 Å². The number of carbonyl (C=O) groups is 1. The molecule has 0 bridgehead atoms. The van der Waals surface area contributed by atoms with Gasteiger partial charge in [0.05, 0.1) is 14.2 Å². The van der Waals surface area contributed by atoms with Crippen molar-refractivity contribution in [2.24, 2.45) is 0 Å². The van der Waals surface area contributed by atoms with E-state index in [4.69, 9.17) is 9.47 Å². The SMILES string of the molecule is COc1ccc(CCN(C)CCCNC(=O)c2ccc(C)cc2)cc1OC. The Morgan fingerprint density at radius 2 is 1.70 bits per heavy atom. The van der Waals surface area contributed by atoms with E-state index in [1.165, 1.54) is 5.56 Å². The zero-order chi connectivity index (χ0) is 19.6. The molecule has 2 aromatic rings. The minimum Gasteiger partial charge on any atom is -0.493 e. The van der Waals surface area contributed by atoms with Crippen LogP contribution in [0, 0.1) is 6.92 Å². The van der Waals surface area contributed by atoms with Crippen LogP contribution in [0.2, 0.25) is 0 Å². The second kappa shape index (κ2) is 10.6. The van der Waals surface area contributed by atoms with E-state index < -0.39 is 0 Å². The molecule has 0 aliphatic carbocycles. The third-order valence-corrected chi connectivity index (χ3v) is 4.55. The molecule has 1 amide bonds. The number of likely N-dealkylation sites (N-methyl/N-ethyl adjacent to an activating group) is 1. The number of nitrogens with zero attached hydrogens (tertiary/aromatic N) is 1. The Hall–Kier alpha value is -2.53. The molecule has 1 N–H and O–H groups in total. The lowest BCUT2D eigenvalue weighted by Gasteiger charge is -2.17. The first-order valence-electron chi connectivity index (χ1n) is 9.28. The van der Waals surface area contributed by atoms with Crippen molar-refractivity contribution in [1.29, 1.82) is 0 Å². The van der Waals surface area contributed by atoms with Crippen molar-refractivity contribution in [1.82, 2.24) is 10.2 Å². The van der Waals surface area contributed by atoms with Gasteiger partial charge in [0.15, 0.2) is 11.5 Å². The Morgan fingerprint density at radius 1 is 1.00 bits per heavy atom. The number of methoxy groups -OCH3 is 2. The van der Waals surface area contributed by atoms with Crippen molar-refractivity contribution in [2.45, 2.75) is 19.8 Å². The monoisotopic (exact) mass is 370 g/mol. The number of hydrogen-bond donors (Lipinski definition) is 1. The highest BCUT2D eigenvalue weighted by Gasteiger charge is 2.07. The van der Waals surface area contributed by atoms with Gasteiger partial charge in [-0.2, -0.15) is 0 Å². The Bertz CT molecular complexity index is 729. The van der Waals surface area contributed by atoms with Crippen LogP contribution in [0.3, 0.4) is 0 Å². The van der Waals surface area contributed by atoms with Gasteiger partial charge in [0.1, 0.15) is 0 Å². The van der Waals surface area contributed by atoms with Gasteiger partial charge in [0.2, 0.25) is 0 Å². The molecule has 27 heavy (non-hydrogen) atoms. The molecule has 5 heteroatoms. The molecule has 0 saturated carbocycles. The zero-order valence-corrected chi connectivity index (χ0v) is 16.7. The van der Waals surface area contributed by atoms with Gasteiger partial charge in [0, 0.05) is 18.7 Å². The van der Waals surface area contributed by atoms with Crippen LogP contribution in [0.5, 0.6) is 11.5 Å². The van der Waals surface area contributed by atoms with E-state index in [1.54, 1.807) is 14.2 Å². The standard InChI is InChI=1S/C22H30N2O3/c1-17-6-9-19(10-7-17)22(25)23-13-5-14-24(2)15-12-18-8-11-20(26-3)21(16-18)27-4/h6-11,16H,5,12-15H2,1-4H3,(H,23,25). The topological polar surface area (TPSA) is 50.8 Å². The average Bonchev–Trinajstić information content (AvgIpc) is 2.69. The van der Waals surface area contributed by atoms with E-state index in [2.05, 4.69) is 23.3 Å². The van der Waals surface area contributed by atoms with E-state index in [-0.39, 0.29) is 5.91 Å². The Morgan fingerprint density at radius 3 is 2.37 bits per heavy atom. The third kappa shape index (κ3) is 6.61. The highest BCUT2D eigenvalue weighted by Crippen LogP contribution is 2.27. The van der Waals surface area contributed by atoms with E-state index in [9.17, 15) is 4.79 Å². The summed E-state index contributed by atoms with van der Waals surface area (Å²) in [5.74, 6) is 1.50. The maximum absolute atomic E-state index is 12.1. The molecule has 2 rings (SSSR count). The molecular weight excluding hydrogens is 340 g/mol. The Labute approximate surface area is 162 Å². The molecule has 0 saturated heterocycles. The van der Waals surface area contributed by atoms with Gasteiger partial charge in [-0.1, -0.05) is 23.8 Å². The quantitative estimate of drug-likeness (QED) is 0.652. The van der Waals surface area contributed by atoms with Crippen molar-refractivity contribution >= 4 is 5.91 Å². The first-order chi connectivity index (χ1) is 13.0. The molecule has 0 atom stereocenters. The molecule has 0 fully saturated rings. The van der Waals surface area contributed by atoms with Crippen LogP contribution in [0.4, 0.5) is 0 Å². The van der Waals surface area contributed by atoms with Crippen LogP contribution in [-0.2, 0) is 6.42 Å². The highest BCUT2D eigenvalue weighted by molar-refractivity contribution is 5.94. The van der Waals surface area contributed by atoms with Crippen LogP contribution in [-0.4, -0.2) is 51.7 Å². The van der Waals surface area contributed by atoms with E-state index in [1.807, 2.05) is 43.3 Å². The fourth-order valence-electron chi connectivity index (χ4n) is 2.83. The maximum Gasteiger partial charge on any atom is 0.251 e. The van der Waals surface area contributed by atoms with Crippen molar-refractivity contribution in [3.05, 3.63) is 59.2 Å². The van der Waals surface area contributed by atoms with Crippen molar-refractivity contribution in [3.8, 4) is 11.5 Å². The predicted molar refractivity (Wildman–Crippen MR) is 109 cm³/mol. The van der Waals surface area contributed by atoms with Gasteiger partial charge in [0.25, 0.3) is 5.91 Å². The number of benzene rings is 2. The lowest BCUT2D eigenvalue weighted by molar-refractivity contribution is 0.0952. The van der Waals surface area contributed by atoms with Crippen molar-refractivity contribution < 1.29 is 14.3 Å². The second-order valence-electron chi connectivity index (χ2n) is 6.72. The van der Waals surface area contributed by atoms with Gasteiger partial charge in [-0.3, -0.25) is 4.79 Å². The van der Waals surface area contributed by atoms with Crippen LogP contribution in [0.25, 0.3) is 0 Å².